The third-order valence-electron chi connectivity index (χ3n) is 4.22. The number of benzene rings is 2. The molecule has 132 valence electrons. The fourth-order valence-corrected chi connectivity index (χ4v) is 2.79. The van der Waals surface area contributed by atoms with E-state index >= 15 is 0 Å². The van der Waals surface area contributed by atoms with Gasteiger partial charge in [-0.15, -0.1) is 12.4 Å². The summed E-state index contributed by atoms with van der Waals surface area (Å²) in [6, 6.07) is 13.3. The Kier molecular flexibility index (Phi) is 6.67. The Labute approximate surface area is 153 Å². The van der Waals surface area contributed by atoms with E-state index in [1.54, 1.807) is 6.07 Å². The Morgan fingerprint density at radius 1 is 0.960 bits per heavy atom. The molecule has 0 fully saturated rings. The van der Waals surface area contributed by atoms with Gasteiger partial charge in [0.1, 0.15) is 5.52 Å². The van der Waals surface area contributed by atoms with E-state index in [1.807, 2.05) is 36.4 Å². The number of halogens is 1. The maximum absolute atomic E-state index is 12.6. The third kappa shape index (κ3) is 4.24. The number of rotatable bonds is 6. The molecule has 0 atom stereocenters. The highest BCUT2D eigenvalue weighted by Crippen LogP contribution is 2.19. The molecule has 1 aromatic heterocycles. The standard InChI is InChI=1S/C19H22N4O.ClH/c1-3-23(4-2)13-12-20-19(24)14-8-7-11-17-18(14)22-16-10-6-5-9-15(16)21-17;/h5-11H,3-4,12-13H2,1-2H3,(H,20,24);1H. The highest BCUT2D eigenvalue weighted by Gasteiger charge is 2.12. The summed E-state index contributed by atoms with van der Waals surface area (Å²) < 4.78 is 0. The van der Waals surface area contributed by atoms with Crippen molar-refractivity contribution in [1.82, 2.24) is 20.2 Å². The second kappa shape index (κ2) is 8.74. The molecule has 3 aromatic rings. The van der Waals surface area contributed by atoms with Crippen LogP contribution in [0.4, 0.5) is 0 Å². The van der Waals surface area contributed by atoms with Crippen molar-refractivity contribution in [3.05, 3.63) is 48.0 Å². The van der Waals surface area contributed by atoms with Crippen molar-refractivity contribution in [2.75, 3.05) is 26.2 Å². The van der Waals surface area contributed by atoms with Crippen molar-refractivity contribution >= 4 is 40.4 Å². The van der Waals surface area contributed by atoms with Gasteiger partial charge in [0.05, 0.1) is 22.1 Å². The summed E-state index contributed by atoms with van der Waals surface area (Å²) >= 11 is 0. The Hall–Kier alpha value is -2.24. The van der Waals surface area contributed by atoms with E-state index in [0.717, 1.165) is 36.2 Å². The van der Waals surface area contributed by atoms with Crippen LogP contribution in [0.5, 0.6) is 0 Å². The van der Waals surface area contributed by atoms with E-state index in [1.165, 1.54) is 0 Å². The van der Waals surface area contributed by atoms with Gasteiger partial charge in [-0.05, 0) is 37.4 Å². The largest absolute Gasteiger partial charge is 0.351 e. The number of aromatic nitrogens is 2. The number of hydrogen-bond donors (Lipinski definition) is 1. The summed E-state index contributed by atoms with van der Waals surface area (Å²) in [5.74, 6) is -0.0997. The molecular weight excluding hydrogens is 336 g/mol. The van der Waals surface area contributed by atoms with E-state index in [-0.39, 0.29) is 18.3 Å². The fourth-order valence-electron chi connectivity index (χ4n) is 2.79. The molecule has 0 aliphatic carbocycles. The Balaban J connectivity index is 0.00000225. The van der Waals surface area contributed by atoms with Crippen molar-refractivity contribution in [1.29, 1.82) is 0 Å². The SMILES string of the molecule is CCN(CC)CCNC(=O)c1cccc2nc3ccccc3nc12.Cl. The number of carbonyl (C=O) groups is 1. The predicted molar refractivity (Wildman–Crippen MR) is 104 cm³/mol. The lowest BCUT2D eigenvalue weighted by atomic mass is 10.1. The van der Waals surface area contributed by atoms with Crippen LogP contribution in [0.2, 0.25) is 0 Å². The van der Waals surface area contributed by atoms with E-state index in [0.29, 0.717) is 17.6 Å². The van der Waals surface area contributed by atoms with Gasteiger partial charge in [-0.1, -0.05) is 32.0 Å². The van der Waals surface area contributed by atoms with Crippen LogP contribution in [0, 0.1) is 0 Å². The molecule has 2 aromatic carbocycles. The van der Waals surface area contributed by atoms with Gasteiger partial charge in [0.25, 0.3) is 5.91 Å². The van der Waals surface area contributed by atoms with Gasteiger partial charge in [-0.3, -0.25) is 4.79 Å². The Morgan fingerprint density at radius 2 is 1.60 bits per heavy atom. The molecule has 0 saturated heterocycles. The number of carbonyl (C=O) groups excluding carboxylic acids is 1. The van der Waals surface area contributed by atoms with Crippen LogP contribution in [-0.4, -0.2) is 47.0 Å². The van der Waals surface area contributed by atoms with Crippen LogP contribution in [-0.2, 0) is 0 Å². The molecule has 0 unspecified atom stereocenters. The quantitative estimate of drug-likeness (QED) is 0.687. The predicted octanol–water partition coefficient (Wildman–Crippen LogP) is 3.28. The lowest BCUT2D eigenvalue weighted by molar-refractivity contribution is 0.0950. The third-order valence-corrected chi connectivity index (χ3v) is 4.22. The highest BCUT2D eigenvalue weighted by molar-refractivity contribution is 6.06. The first-order chi connectivity index (χ1) is 11.7. The minimum absolute atomic E-state index is 0. The summed E-state index contributed by atoms with van der Waals surface area (Å²) in [5, 5.41) is 2.99. The van der Waals surface area contributed by atoms with Crippen LogP contribution < -0.4 is 5.32 Å². The second-order valence-electron chi connectivity index (χ2n) is 5.67. The lowest BCUT2D eigenvalue weighted by Crippen LogP contribution is -2.34. The number of amides is 1. The molecule has 1 heterocycles. The summed E-state index contributed by atoms with van der Waals surface area (Å²) in [4.78, 5) is 24.1. The maximum atomic E-state index is 12.6. The molecule has 6 heteroatoms. The first kappa shape index (κ1) is 19.1. The molecule has 0 aliphatic rings. The highest BCUT2D eigenvalue weighted by atomic mass is 35.5. The van der Waals surface area contributed by atoms with Gasteiger partial charge < -0.3 is 10.2 Å². The first-order valence-electron chi connectivity index (χ1n) is 8.39. The summed E-state index contributed by atoms with van der Waals surface area (Å²) in [7, 11) is 0. The molecule has 0 saturated carbocycles. The van der Waals surface area contributed by atoms with E-state index in [9.17, 15) is 4.79 Å². The summed E-state index contributed by atoms with van der Waals surface area (Å²) in [6.45, 7) is 7.68. The van der Waals surface area contributed by atoms with Crippen molar-refractivity contribution in [3.8, 4) is 0 Å². The van der Waals surface area contributed by atoms with Crippen molar-refractivity contribution in [2.24, 2.45) is 0 Å². The zero-order valence-electron chi connectivity index (χ0n) is 14.5. The average molecular weight is 359 g/mol. The van der Waals surface area contributed by atoms with E-state index in [4.69, 9.17) is 0 Å². The van der Waals surface area contributed by atoms with Crippen LogP contribution in [0.1, 0.15) is 24.2 Å². The van der Waals surface area contributed by atoms with Gasteiger partial charge in [0.15, 0.2) is 0 Å². The minimum atomic E-state index is -0.0997. The zero-order valence-corrected chi connectivity index (χ0v) is 15.3. The van der Waals surface area contributed by atoms with Crippen LogP contribution in [0.3, 0.4) is 0 Å². The molecular formula is C19H23ClN4O. The van der Waals surface area contributed by atoms with E-state index in [2.05, 4.69) is 34.0 Å². The monoisotopic (exact) mass is 358 g/mol. The van der Waals surface area contributed by atoms with Crippen LogP contribution >= 0.6 is 12.4 Å². The molecule has 0 aliphatic heterocycles. The Bertz CT molecular complexity index is 864. The zero-order chi connectivity index (χ0) is 16.9. The lowest BCUT2D eigenvalue weighted by Gasteiger charge is -2.18. The van der Waals surface area contributed by atoms with Crippen molar-refractivity contribution in [2.45, 2.75) is 13.8 Å². The second-order valence-corrected chi connectivity index (χ2v) is 5.67. The van der Waals surface area contributed by atoms with Gasteiger partial charge in [-0.25, -0.2) is 9.97 Å². The number of fused-ring (bicyclic) bond motifs is 2. The number of likely N-dealkylation sites (N-methyl/N-ethyl adjacent to an activating group) is 1. The van der Waals surface area contributed by atoms with E-state index < -0.39 is 0 Å². The van der Waals surface area contributed by atoms with Crippen molar-refractivity contribution < 1.29 is 4.79 Å². The van der Waals surface area contributed by atoms with Gasteiger partial charge in [0.2, 0.25) is 0 Å². The van der Waals surface area contributed by atoms with Gasteiger partial charge >= 0.3 is 0 Å². The van der Waals surface area contributed by atoms with Crippen LogP contribution in [0.15, 0.2) is 42.5 Å². The van der Waals surface area contributed by atoms with Crippen molar-refractivity contribution in [3.63, 3.8) is 0 Å². The number of para-hydroxylation sites is 3. The summed E-state index contributed by atoms with van der Waals surface area (Å²) in [5.41, 5.74) is 3.60. The number of nitrogens with one attached hydrogen (secondary N) is 1. The van der Waals surface area contributed by atoms with Gasteiger partial charge in [0, 0.05) is 13.1 Å². The average Bonchev–Trinajstić information content (AvgIpc) is 2.63. The molecule has 3 rings (SSSR count). The molecule has 1 amide bonds. The molecule has 25 heavy (non-hydrogen) atoms. The topological polar surface area (TPSA) is 58.1 Å². The Morgan fingerprint density at radius 3 is 2.28 bits per heavy atom. The smallest absolute Gasteiger partial charge is 0.253 e. The maximum Gasteiger partial charge on any atom is 0.253 e. The normalized spacial score (nSPS) is 10.8. The first-order valence-corrected chi connectivity index (χ1v) is 8.39. The molecule has 5 nitrogen and oxygen atoms in total. The number of nitrogens with zero attached hydrogens (tertiary/aromatic N) is 3. The van der Waals surface area contributed by atoms with Gasteiger partial charge in [-0.2, -0.15) is 0 Å². The van der Waals surface area contributed by atoms with Crippen LogP contribution in [0.25, 0.3) is 22.1 Å². The molecule has 0 bridgehead atoms. The molecule has 0 spiro atoms. The molecule has 0 radical (unpaired) electrons. The molecule has 1 N–H and O–H groups in total. The minimum Gasteiger partial charge on any atom is -0.351 e. The summed E-state index contributed by atoms with van der Waals surface area (Å²) in [6.07, 6.45) is 0. The number of hydrogen-bond acceptors (Lipinski definition) is 4. The fraction of sp³-hybridized carbons (Fsp3) is 0.316.